The predicted octanol–water partition coefficient (Wildman–Crippen LogP) is 5.77. The lowest BCUT2D eigenvalue weighted by molar-refractivity contribution is 0.547. The summed E-state index contributed by atoms with van der Waals surface area (Å²) >= 11 is 0. The molecule has 0 spiro atoms. The van der Waals surface area contributed by atoms with E-state index < -0.39 is 0 Å². The van der Waals surface area contributed by atoms with Crippen molar-refractivity contribution in [1.29, 1.82) is 0 Å². The maximum atomic E-state index is 13.5. The molecule has 0 aliphatic heterocycles. The molecule has 0 fully saturated rings. The van der Waals surface area contributed by atoms with Crippen molar-refractivity contribution in [3.05, 3.63) is 101 Å². The van der Waals surface area contributed by atoms with Crippen LogP contribution in [0.3, 0.4) is 0 Å². The quantitative estimate of drug-likeness (QED) is 0.385. The molecule has 6 aromatic rings. The van der Waals surface area contributed by atoms with Crippen LogP contribution < -0.4 is 5.43 Å². The summed E-state index contributed by atoms with van der Waals surface area (Å²) in [6.07, 6.45) is 6.83. The zero-order chi connectivity index (χ0) is 22.4. The number of nitrogens with zero attached hydrogens (tertiary/aromatic N) is 3. The van der Waals surface area contributed by atoms with E-state index in [1.807, 2.05) is 61.5 Å². The van der Waals surface area contributed by atoms with E-state index >= 15 is 0 Å². The number of hydrogen-bond donors (Lipinski definition) is 1. The van der Waals surface area contributed by atoms with Crippen LogP contribution in [0.25, 0.3) is 55.6 Å². The van der Waals surface area contributed by atoms with Crippen molar-refractivity contribution in [3.63, 3.8) is 0 Å². The second-order valence-electron chi connectivity index (χ2n) is 7.88. The second kappa shape index (κ2) is 7.53. The van der Waals surface area contributed by atoms with Crippen LogP contribution in [0.5, 0.6) is 0 Å². The van der Waals surface area contributed by atoms with Crippen LogP contribution in [0.1, 0.15) is 5.76 Å². The third-order valence-corrected chi connectivity index (χ3v) is 5.73. The second-order valence-corrected chi connectivity index (χ2v) is 7.88. The Labute approximate surface area is 188 Å². The molecule has 5 aromatic heterocycles. The van der Waals surface area contributed by atoms with Crippen molar-refractivity contribution in [2.75, 3.05) is 0 Å². The molecule has 0 saturated carbocycles. The number of furan rings is 1. The van der Waals surface area contributed by atoms with E-state index in [4.69, 9.17) is 9.40 Å². The molecule has 6 nitrogen and oxygen atoms in total. The third kappa shape index (κ3) is 3.29. The smallest absolute Gasteiger partial charge is 0.198 e. The molecule has 0 aliphatic rings. The minimum absolute atomic E-state index is 0.102. The van der Waals surface area contributed by atoms with Crippen molar-refractivity contribution in [2.24, 2.45) is 0 Å². The molecule has 6 heteroatoms. The van der Waals surface area contributed by atoms with Gasteiger partial charge in [-0.3, -0.25) is 14.8 Å². The van der Waals surface area contributed by atoms with Crippen LogP contribution in [0.2, 0.25) is 0 Å². The molecule has 0 radical (unpaired) electrons. The van der Waals surface area contributed by atoms with Crippen molar-refractivity contribution in [3.8, 4) is 33.7 Å². The van der Waals surface area contributed by atoms with Gasteiger partial charge >= 0.3 is 0 Å². The average molecular weight is 430 g/mol. The largest absolute Gasteiger partial charge is 0.460 e. The fourth-order valence-electron chi connectivity index (χ4n) is 4.10. The molecule has 0 bridgehead atoms. The zero-order valence-corrected chi connectivity index (χ0v) is 17.7. The molecular formula is C27H18N4O2. The molecule has 33 heavy (non-hydrogen) atoms. The highest BCUT2D eigenvalue weighted by atomic mass is 16.3. The summed E-state index contributed by atoms with van der Waals surface area (Å²) in [6, 6.07) is 19.3. The first-order chi connectivity index (χ1) is 16.2. The number of benzene rings is 1. The van der Waals surface area contributed by atoms with Gasteiger partial charge < -0.3 is 9.40 Å². The number of aromatic nitrogens is 4. The number of H-pyrrole nitrogens is 1. The summed E-state index contributed by atoms with van der Waals surface area (Å²) < 4.78 is 5.92. The van der Waals surface area contributed by atoms with Gasteiger partial charge in [-0.15, -0.1) is 0 Å². The Hall–Kier alpha value is -4.58. The van der Waals surface area contributed by atoms with Gasteiger partial charge in [0.05, 0.1) is 10.9 Å². The minimum atomic E-state index is -0.102. The zero-order valence-electron chi connectivity index (χ0n) is 17.7. The maximum absolute atomic E-state index is 13.5. The van der Waals surface area contributed by atoms with Crippen LogP contribution in [-0.2, 0) is 0 Å². The standard InChI is InChI=1S/C27H18N4O2/c1-16-6-9-24(33-16)25-20(17-7-8-23-18(12-17)4-3-11-29-23)13-21-26(32)22(15-30-27(21)31-25)19-5-2-10-28-14-19/h2-15H,1H3,(H,30,31,32). The van der Waals surface area contributed by atoms with Crippen molar-refractivity contribution in [2.45, 2.75) is 6.92 Å². The molecule has 1 N–H and O–H groups in total. The van der Waals surface area contributed by atoms with E-state index in [-0.39, 0.29) is 5.43 Å². The first-order valence-electron chi connectivity index (χ1n) is 10.6. The third-order valence-electron chi connectivity index (χ3n) is 5.73. The summed E-state index contributed by atoms with van der Waals surface area (Å²) in [7, 11) is 0. The van der Waals surface area contributed by atoms with Gasteiger partial charge in [-0.05, 0) is 55.0 Å². The summed E-state index contributed by atoms with van der Waals surface area (Å²) in [5.41, 5.74) is 5.03. The van der Waals surface area contributed by atoms with Crippen molar-refractivity contribution < 1.29 is 4.42 Å². The van der Waals surface area contributed by atoms with Gasteiger partial charge in [0.1, 0.15) is 17.1 Å². The minimum Gasteiger partial charge on any atom is -0.460 e. The average Bonchev–Trinajstić information content (AvgIpc) is 3.30. The Balaban J connectivity index is 1.65. The Morgan fingerprint density at radius 1 is 0.909 bits per heavy atom. The van der Waals surface area contributed by atoms with Crippen molar-refractivity contribution >= 4 is 21.9 Å². The molecule has 158 valence electrons. The number of pyridine rings is 4. The van der Waals surface area contributed by atoms with Gasteiger partial charge in [-0.1, -0.05) is 18.2 Å². The van der Waals surface area contributed by atoms with Gasteiger partial charge in [-0.25, -0.2) is 4.98 Å². The summed E-state index contributed by atoms with van der Waals surface area (Å²) in [5, 5.41) is 1.51. The van der Waals surface area contributed by atoms with Crippen LogP contribution >= 0.6 is 0 Å². The highest BCUT2D eigenvalue weighted by Crippen LogP contribution is 2.35. The predicted molar refractivity (Wildman–Crippen MR) is 129 cm³/mol. The Bertz CT molecular complexity index is 1700. The Kier molecular flexibility index (Phi) is 4.36. The number of aryl methyl sites for hydroxylation is 1. The van der Waals surface area contributed by atoms with Crippen LogP contribution in [-0.4, -0.2) is 19.9 Å². The number of nitrogens with one attached hydrogen (secondary N) is 1. The monoisotopic (exact) mass is 430 g/mol. The lowest BCUT2D eigenvalue weighted by Crippen LogP contribution is -2.08. The van der Waals surface area contributed by atoms with E-state index in [1.54, 1.807) is 24.8 Å². The highest BCUT2D eigenvalue weighted by molar-refractivity contribution is 5.93. The number of aromatic amines is 1. The maximum Gasteiger partial charge on any atom is 0.198 e. The molecule has 0 aliphatic carbocycles. The van der Waals surface area contributed by atoms with E-state index in [0.29, 0.717) is 28.1 Å². The molecule has 0 atom stereocenters. The van der Waals surface area contributed by atoms with Gasteiger partial charge in [0.15, 0.2) is 11.2 Å². The molecule has 6 rings (SSSR count). The SMILES string of the molecule is Cc1ccc(-c2nc3[nH]cc(-c4cccnc4)c(=O)c3cc2-c2ccc3ncccc3c2)o1. The molecule has 5 heterocycles. The molecule has 0 unspecified atom stereocenters. The number of rotatable bonds is 3. The summed E-state index contributed by atoms with van der Waals surface area (Å²) in [6.45, 7) is 1.90. The van der Waals surface area contributed by atoms with Gasteiger partial charge in [0.2, 0.25) is 0 Å². The Morgan fingerprint density at radius 2 is 1.82 bits per heavy atom. The number of hydrogen-bond acceptors (Lipinski definition) is 5. The van der Waals surface area contributed by atoms with E-state index in [2.05, 4.69) is 21.0 Å². The molecule has 1 aromatic carbocycles. The van der Waals surface area contributed by atoms with E-state index in [0.717, 1.165) is 33.4 Å². The fourth-order valence-corrected chi connectivity index (χ4v) is 4.10. The molecular weight excluding hydrogens is 412 g/mol. The van der Waals surface area contributed by atoms with Gasteiger partial charge in [0.25, 0.3) is 0 Å². The topological polar surface area (TPSA) is 84.7 Å². The summed E-state index contributed by atoms with van der Waals surface area (Å²) in [5.74, 6) is 1.44. The lowest BCUT2D eigenvalue weighted by atomic mass is 9.98. The van der Waals surface area contributed by atoms with Crippen LogP contribution in [0.15, 0.2) is 94.7 Å². The van der Waals surface area contributed by atoms with E-state index in [9.17, 15) is 4.79 Å². The van der Waals surface area contributed by atoms with Crippen LogP contribution in [0.4, 0.5) is 0 Å². The normalized spacial score (nSPS) is 11.3. The van der Waals surface area contributed by atoms with Crippen molar-refractivity contribution in [1.82, 2.24) is 19.9 Å². The Morgan fingerprint density at radius 3 is 2.64 bits per heavy atom. The lowest BCUT2D eigenvalue weighted by Gasteiger charge is -2.11. The van der Waals surface area contributed by atoms with E-state index in [1.165, 1.54) is 0 Å². The summed E-state index contributed by atoms with van der Waals surface area (Å²) in [4.78, 5) is 30.0. The first kappa shape index (κ1) is 19.1. The molecule has 0 saturated heterocycles. The molecule has 0 amide bonds. The number of fused-ring (bicyclic) bond motifs is 2. The van der Waals surface area contributed by atoms with Crippen LogP contribution in [0, 0.1) is 6.92 Å². The van der Waals surface area contributed by atoms with Gasteiger partial charge in [0, 0.05) is 46.9 Å². The highest BCUT2D eigenvalue weighted by Gasteiger charge is 2.18. The first-order valence-corrected chi connectivity index (χ1v) is 10.6. The van der Waals surface area contributed by atoms with Gasteiger partial charge in [-0.2, -0.15) is 0 Å². The fraction of sp³-hybridized carbons (Fsp3) is 0.0370.